The van der Waals surface area contributed by atoms with Crippen LogP contribution < -0.4 is 5.32 Å². The summed E-state index contributed by atoms with van der Waals surface area (Å²) in [5.74, 6) is 0. The Labute approximate surface area is 218 Å². The average Bonchev–Trinajstić information content (AvgIpc) is 3.18. The molecule has 4 rings (SSSR count). The average molecular weight is 546 g/mol. The third kappa shape index (κ3) is 4.56. The van der Waals surface area contributed by atoms with Gasteiger partial charge in [0.25, 0.3) is 20.2 Å². The van der Waals surface area contributed by atoms with Gasteiger partial charge < -0.3 is 5.32 Å². The predicted molar refractivity (Wildman–Crippen MR) is 144 cm³/mol. The molecule has 3 N–H and O–H groups in total. The highest BCUT2D eigenvalue weighted by molar-refractivity contribution is 7.86. The Hall–Kier alpha value is -2.79. The molecule has 198 valence electrons. The molecule has 0 radical (unpaired) electrons. The molecule has 0 aromatic heterocycles. The lowest BCUT2D eigenvalue weighted by atomic mass is 9.81. The zero-order valence-electron chi connectivity index (χ0n) is 21.8. The van der Waals surface area contributed by atoms with Gasteiger partial charge >= 0.3 is 0 Å². The molecule has 0 unspecified atom stereocenters. The summed E-state index contributed by atoms with van der Waals surface area (Å²) in [6, 6.07) is 7.70. The van der Waals surface area contributed by atoms with Crippen LogP contribution in [-0.4, -0.2) is 42.8 Å². The van der Waals surface area contributed by atoms with Gasteiger partial charge in [-0.05, 0) is 68.7 Å². The summed E-state index contributed by atoms with van der Waals surface area (Å²) in [6.45, 7) is 12.6. The van der Waals surface area contributed by atoms with Gasteiger partial charge in [-0.1, -0.05) is 26.8 Å². The first kappa shape index (κ1) is 27.3. The van der Waals surface area contributed by atoms with Crippen LogP contribution in [0.5, 0.6) is 0 Å². The van der Waals surface area contributed by atoms with E-state index in [9.17, 15) is 25.9 Å². The Kier molecular flexibility index (Phi) is 6.56. The van der Waals surface area contributed by atoms with Gasteiger partial charge in [0.1, 0.15) is 6.54 Å². The van der Waals surface area contributed by atoms with E-state index in [-0.39, 0.29) is 9.79 Å². The van der Waals surface area contributed by atoms with Crippen molar-refractivity contribution in [2.75, 3.05) is 11.9 Å². The van der Waals surface area contributed by atoms with Gasteiger partial charge in [-0.25, -0.2) is 0 Å². The van der Waals surface area contributed by atoms with Crippen molar-refractivity contribution >= 4 is 37.3 Å². The summed E-state index contributed by atoms with van der Waals surface area (Å²) < 4.78 is 68.5. The monoisotopic (exact) mass is 545 g/mol. The number of anilines is 1. The van der Waals surface area contributed by atoms with Crippen LogP contribution in [0.25, 0.3) is 0 Å². The normalized spacial score (nSPS) is 19.4. The van der Waals surface area contributed by atoms with E-state index in [1.165, 1.54) is 24.3 Å². The van der Waals surface area contributed by atoms with Gasteiger partial charge in [0, 0.05) is 34.5 Å². The molecule has 0 fully saturated rings. The molecule has 0 bridgehead atoms. The Morgan fingerprint density at radius 2 is 1.51 bits per heavy atom. The van der Waals surface area contributed by atoms with Crippen molar-refractivity contribution < 1.29 is 30.5 Å². The minimum atomic E-state index is -4.34. The SMILES string of the molecule is CCc1cc(S(=O)(=O)O)cc2c1NC(=CC=CC1=[N+](CC)c3ccc(S(=O)(=O)O)cc3C1(C)C)C2(C)C. The lowest BCUT2D eigenvalue weighted by Crippen LogP contribution is -2.27. The second-order valence-corrected chi connectivity index (χ2v) is 13.3. The molecule has 0 saturated carbocycles. The van der Waals surface area contributed by atoms with Crippen molar-refractivity contribution in [3.8, 4) is 0 Å². The maximum atomic E-state index is 11.9. The van der Waals surface area contributed by atoms with E-state index in [1.807, 2.05) is 59.8 Å². The standard InChI is InChI=1S/C27H32N2O6S2/c1-7-17-14-19(37(33,34)35)16-21-25(17)28-23(26(21,3)4)10-9-11-24-27(5,6)20-15-18(36(30,31)32)12-13-22(20)29(24)8-2/h9-16H,7-8H2,1-6H3,(H2,30,31,32,33,34,35)/p+1. The molecule has 2 aliphatic rings. The number of aryl methyl sites for hydroxylation is 1. The van der Waals surface area contributed by atoms with Crippen LogP contribution in [0.4, 0.5) is 11.4 Å². The maximum Gasteiger partial charge on any atom is 0.294 e. The van der Waals surface area contributed by atoms with Gasteiger partial charge in [-0.15, -0.1) is 0 Å². The number of rotatable bonds is 6. The number of allylic oxidation sites excluding steroid dienone is 4. The first-order chi connectivity index (χ1) is 17.0. The Balaban J connectivity index is 1.74. The summed E-state index contributed by atoms with van der Waals surface area (Å²) in [4.78, 5) is -0.243. The molecule has 0 saturated heterocycles. The number of hydrogen-bond donors (Lipinski definition) is 3. The zero-order chi connectivity index (χ0) is 27.6. The predicted octanol–water partition coefficient (Wildman–Crippen LogP) is 4.98. The van der Waals surface area contributed by atoms with E-state index in [0.29, 0.717) is 13.0 Å². The molecule has 37 heavy (non-hydrogen) atoms. The number of hydrogen-bond acceptors (Lipinski definition) is 5. The van der Waals surface area contributed by atoms with Crippen molar-refractivity contribution in [3.63, 3.8) is 0 Å². The van der Waals surface area contributed by atoms with Crippen LogP contribution in [0, 0.1) is 0 Å². The second kappa shape index (κ2) is 8.90. The minimum Gasteiger partial charge on any atom is -0.358 e. The van der Waals surface area contributed by atoms with Crippen LogP contribution in [0.3, 0.4) is 0 Å². The molecule has 8 nitrogen and oxygen atoms in total. The van der Waals surface area contributed by atoms with Crippen molar-refractivity contribution in [2.45, 2.75) is 68.6 Å². The molecule has 10 heteroatoms. The topological polar surface area (TPSA) is 124 Å². The summed E-state index contributed by atoms with van der Waals surface area (Å²) >= 11 is 0. The highest BCUT2D eigenvalue weighted by Gasteiger charge is 2.44. The van der Waals surface area contributed by atoms with Gasteiger partial charge in [-0.3, -0.25) is 9.11 Å². The Morgan fingerprint density at radius 3 is 2.08 bits per heavy atom. The fraction of sp³-hybridized carbons (Fsp3) is 0.370. The summed E-state index contributed by atoms with van der Waals surface area (Å²) in [6.07, 6.45) is 6.48. The molecule has 2 heterocycles. The molecule has 2 aromatic carbocycles. The first-order valence-electron chi connectivity index (χ1n) is 12.1. The molecule has 0 amide bonds. The van der Waals surface area contributed by atoms with Crippen LogP contribution in [0.1, 0.15) is 58.2 Å². The van der Waals surface area contributed by atoms with Crippen LogP contribution >= 0.6 is 0 Å². The van der Waals surface area contributed by atoms with E-state index in [2.05, 4.69) is 9.89 Å². The summed E-state index contributed by atoms with van der Waals surface area (Å²) in [7, 11) is -8.66. The van der Waals surface area contributed by atoms with E-state index >= 15 is 0 Å². The molecule has 0 atom stereocenters. The van der Waals surface area contributed by atoms with Gasteiger partial charge in [0.2, 0.25) is 5.69 Å². The van der Waals surface area contributed by atoms with Crippen LogP contribution in [0.15, 0.2) is 64.0 Å². The fourth-order valence-corrected chi connectivity index (χ4v) is 6.38. The largest absolute Gasteiger partial charge is 0.358 e. The number of fused-ring (bicyclic) bond motifs is 2. The molecular formula is C27H33N2O6S2+. The molecule has 0 aliphatic carbocycles. The lowest BCUT2D eigenvalue weighted by molar-refractivity contribution is -0.433. The van der Waals surface area contributed by atoms with Crippen LogP contribution in [-0.2, 0) is 37.5 Å². The van der Waals surface area contributed by atoms with E-state index in [4.69, 9.17) is 0 Å². The van der Waals surface area contributed by atoms with Gasteiger partial charge in [-0.2, -0.15) is 21.4 Å². The number of nitrogens with one attached hydrogen (secondary N) is 1. The quantitative estimate of drug-likeness (QED) is 0.345. The number of benzene rings is 2. The lowest BCUT2D eigenvalue weighted by Gasteiger charge is -2.20. The third-order valence-corrected chi connectivity index (χ3v) is 9.15. The van der Waals surface area contributed by atoms with Gasteiger partial charge in [0.15, 0.2) is 5.71 Å². The maximum absolute atomic E-state index is 11.9. The number of nitrogens with zero attached hydrogens (tertiary/aromatic N) is 1. The van der Waals surface area contributed by atoms with E-state index in [0.717, 1.165) is 39.5 Å². The summed E-state index contributed by atoms with van der Waals surface area (Å²) in [5.41, 5.74) is 4.98. The second-order valence-electron chi connectivity index (χ2n) is 10.4. The van der Waals surface area contributed by atoms with Crippen LogP contribution in [0.2, 0.25) is 0 Å². The molecular weight excluding hydrogens is 512 g/mol. The van der Waals surface area contributed by atoms with Crippen molar-refractivity contribution in [3.05, 3.63) is 70.9 Å². The molecule has 0 spiro atoms. The highest BCUT2D eigenvalue weighted by atomic mass is 32.2. The first-order valence-corrected chi connectivity index (χ1v) is 15.0. The third-order valence-electron chi connectivity index (χ3n) is 7.47. The van der Waals surface area contributed by atoms with Gasteiger partial charge in [0.05, 0.1) is 15.2 Å². The molecule has 2 aliphatic heterocycles. The highest BCUT2D eigenvalue weighted by Crippen LogP contribution is 2.46. The summed E-state index contributed by atoms with van der Waals surface area (Å²) in [5, 5.41) is 3.45. The fourth-order valence-electron chi connectivity index (χ4n) is 5.32. The smallest absolute Gasteiger partial charge is 0.294 e. The molecule has 2 aromatic rings. The van der Waals surface area contributed by atoms with Crippen molar-refractivity contribution in [1.29, 1.82) is 0 Å². The van der Waals surface area contributed by atoms with Crippen molar-refractivity contribution in [2.24, 2.45) is 0 Å². The van der Waals surface area contributed by atoms with E-state index in [1.54, 1.807) is 6.07 Å². The van der Waals surface area contributed by atoms with Crippen molar-refractivity contribution in [1.82, 2.24) is 0 Å². The van der Waals surface area contributed by atoms with E-state index < -0.39 is 31.1 Å². The Morgan fingerprint density at radius 1 is 0.892 bits per heavy atom. The minimum absolute atomic E-state index is 0.112. The Bertz CT molecular complexity index is 1610. The zero-order valence-corrected chi connectivity index (χ0v) is 23.5.